The quantitative estimate of drug-likeness (QED) is 0.00631. The maximum absolute atomic E-state index is 12.9. The standard InChI is InChI=1S/C20H27NO3.C16H12FNO3.C16H14O3.C15H18O3.C15H14O3.C13H14ClNO2.C13H18O2.C4H11NO3/c1-2-21-15-9-10-16-24-19(22)20(23,17-11-5-3-6-12-17)18-13-7-4-8-14-18;1-9(16(19)20)11-4-7-14-13(8-11)18-15(21-14)10-2-5-12(17)6-3-10;1-11(16(18)19)13-8-5-9-14(10-13)15(17)12-6-3-2-4-7-12;1-10(15(17)18)12-7-5-11(6-8-12)9-13-3-2-4-14(13)16;1-11(15(16)17)12-6-5-9-14(10-12)18-13-7-3-2-4-8-13;1-9(13(16)17)10-4-5-12(11(14)8-10)15-6-2-3-7-15;1-9(2)8-11-4-6-12(7-5-11)10(3)13(14)15;5-4(1-6,2-7)3-8/h3,5-6,11-12,18,21,23H,2,4,7-8,13-16H2,1H3;2-9H,1H3,(H,19,20);2-11H,1H3,(H,18,19);5-8,10,13H,2-4,9H2,1H3,(H,17,18);2-11H,1H3,(H,16,17);2-5,8-9H,6-7H2,1H3,(H,16,17);4-7,9-10H,8H2,1-3H3,(H,14,15);6-8H,1-3,5H2/t20-;;11-;;;;;/m1.0...../s1. The van der Waals surface area contributed by atoms with Crippen LogP contribution in [0.1, 0.15) is 215 Å². The van der Waals surface area contributed by atoms with E-state index < -0.39 is 108 Å². The maximum Gasteiger partial charge on any atom is 0.344 e. The van der Waals surface area contributed by atoms with Gasteiger partial charge in [0.2, 0.25) is 5.89 Å². The number of para-hydroxylation sites is 1. The number of halogens is 2. The maximum atomic E-state index is 12.9. The highest BCUT2D eigenvalue weighted by Gasteiger charge is 2.47. The van der Waals surface area contributed by atoms with Crippen molar-refractivity contribution in [2.75, 3.05) is 57.5 Å². The van der Waals surface area contributed by atoms with Gasteiger partial charge in [0.05, 0.1) is 78.1 Å². The number of carbonyl (C=O) groups is 9. The number of oxazole rings is 1. The van der Waals surface area contributed by atoms with Crippen molar-refractivity contribution in [2.24, 2.45) is 23.5 Å². The fourth-order valence-electron chi connectivity index (χ4n) is 14.8. The topological polar surface area (TPSA) is 442 Å². The predicted octanol–water partition coefficient (Wildman–Crippen LogP) is 19.6. The second kappa shape index (κ2) is 57.5. The molecule has 14 rings (SSSR count). The number of fused-ring (bicyclic) bond motifs is 1. The van der Waals surface area contributed by atoms with Crippen LogP contribution in [0, 0.1) is 35.4 Å². The fraction of sp³-hybridized carbons (Fsp3) is 0.339. The number of benzene rings is 10. The summed E-state index contributed by atoms with van der Waals surface area (Å²) in [5.41, 5.74) is 13.7. The molecular formula is C112H128ClFN4O22. The van der Waals surface area contributed by atoms with E-state index in [4.69, 9.17) is 77.2 Å². The Morgan fingerprint density at radius 3 is 1.48 bits per heavy atom. The molecule has 26 nitrogen and oxygen atoms in total. The molecule has 0 radical (unpaired) electrons. The third-order valence-corrected chi connectivity index (χ3v) is 24.2. The number of nitrogens with zero attached hydrogens (tertiary/aromatic N) is 2. The SMILES string of the molecule is CC(C(=O)O)c1ccc(CC2CCCC2=O)cc1.CC(C(=O)O)c1ccc(N2CC=CC2)c(Cl)c1.CC(C(=O)O)c1ccc2oc(-c3ccc(F)cc3)nc2c1.CC(C(=O)O)c1cccc(Oc2ccccc2)c1.CC(C)Cc1ccc(C(C)C(=O)O)cc1.CCNCC#CCOC(=O)[C@@](O)(c1ccccc1)C1CCCCC1.C[C@H](C(=O)O)c1cccc(C(=O)c2ccccc2)c1.NC(CO)(CO)CO. The van der Waals surface area contributed by atoms with Gasteiger partial charge in [-0.2, -0.15) is 0 Å². The molecule has 8 atom stereocenters. The first-order valence-electron chi connectivity index (χ1n) is 46.5. The Labute approximate surface area is 821 Å². The van der Waals surface area contributed by atoms with E-state index in [1.165, 1.54) is 17.7 Å². The number of hydrogen-bond acceptors (Lipinski definition) is 20. The van der Waals surface area contributed by atoms with Gasteiger partial charge in [-0.05, 0) is 221 Å². The monoisotopic (exact) mass is 1930 g/mol. The molecule has 742 valence electrons. The first-order chi connectivity index (χ1) is 66.8. The van der Waals surface area contributed by atoms with Crippen molar-refractivity contribution in [1.82, 2.24) is 10.3 Å². The number of rotatable bonds is 31. The molecule has 0 saturated heterocycles. The summed E-state index contributed by atoms with van der Waals surface area (Å²) in [6.07, 6.45) is 13.6. The van der Waals surface area contributed by atoms with Crippen LogP contribution >= 0.6 is 11.6 Å². The van der Waals surface area contributed by atoms with E-state index in [0.717, 1.165) is 123 Å². The number of carboxylic acid groups (broad SMARTS) is 6. The van der Waals surface area contributed by atoms with Crippen LogP contribution < -0.4 is 20.7 Å². The molecular weight excluding hydrogens is 1810 g/mol. The number of aliphatic hydroxyl groups excluding tert-OH is 3. The van der Waals surface area contributed by atoms with Crippen molar-refractivity contribution in [2.45, 2.75) is 173 Å². The molecule has 0 bridgehead atoms. The summed E-state index contributed by atoms with van der Waals surface area (Å²) in [6.45, 7) is 18.2. The van der Waals surface area contributed by atoms with Crippen LogP contribution in [0.3, 0.4) is 0 Å². The van der Waals surface area contributed by atoms with Crippen molar-refractivity contribution in [3.63, 3.8) is 0 Å². The zero-order valence-electron chi connectivity index (χ0n) is 80.3. The van der Waals surface area contributed by atoms with E-state index in [-0.39, 0.29) is 30.0 Å². The molecule has 3 aliphatic rings. The summed E-state index contributed by atoms with van der Waals surface area (Å²) in [6, 6.07) is 73.3. The minimum atomic E-state index is -1.58. The molecule has 1 aromatic heterocycles. The summed E-state index contributed by atoms with van der Waals surface area (Å²) >= 11 is 6.20. The fourth-order valence-corrected chi connectivity index (χ4v) is 15.1. The number of nitrogens with one attached hydrogen (secondary N) is 1. The molecule has 0 spiro atoms. The number of nitrogens with two attached hydrogens (primary N) is 1. The Morgan fingerprint density at radius 1 is 0.521 bits per heavy atom. The number of carboxylic acids is 6. The van der Waals surface area contributed by atoms with Gasteiger partial charge < -0.3 is 80.9 Å². The molecule has 2 saturated carbocycles. The number of aromatic nitrogens is 1. The molecule has 0 amide bonds. The van der Waals surface area contributed by atoms with E-state index in [2.05, 4.69) is 53.0 Å². The Morgan fingerprint density at radius 2 is 0.986 bits per heavy atom. The van der Waals surface area contributed by atoms with E-state index in [1.54, 1.807) is 157 Å². The highest BCUT2D eigenvalue weighted by Crippen LogP contribution is 2.41. The van der Waals surface area contributed by atoms with Gasteiger partial charge in [0.15, 0.2) is 23.6 Å². The summed E-state index contributed by atoms with van der Waals surface area (Å²) in [5, 5.41) is 93.7. The van der Waals surface area contributed by atoms with Crippen LogP contribution in [-0.2, 0) is 61.5 Å². The van der Waals surface area contributed by atoms with E-state index in [9.17, 15) is 52.6 Å². The molecule has 10 aromatic carbocycles. The lowest BCUT2D eigenvalue weighted by Crippen LogP contribution is -2.50. The number of ketones is 2. The number of hydrogen-bond donors (Lipinski definition) is 12. The largest absolute Gasteiger partial charge is 0.481 e. The number of Topliss-reactive ketones (excluding diaryl/α,β-unsaturated/α-hetero) is 1. The smallest absolute Gasteiger partial charge is 0.344 e. The molecule has 28 heteroatoms. The minimum Gasteiger partial charge on any atom is -0.481 e. The van der Waals surface area contributed by atoms with Crippen LogP contribution in [0.2, 0.25) is 5.02 Å². The predicted molar refractivity (Wildman–Crippen MR) is 538 cm³/mol. The molecule has 1 aliphatic heterocycles. The molecule has 140 heavy (non-hydrogen) atoms. The Kier molecular flexibility index (Phi) is 46.5. The minimum absolute atomic E-state index is 0.00604. The number of ether oxygens (including phenoxy) is 2. The summed E-state index contributed by atoms with van der Waals surface area (Å²) < 4.78 is 29.5. The van der Waals surface area contributed by atoms with Crippen molar-refractivity contribution in [1.29, 1.82) is 0 Å². The van der Waals surface area contributed by atoms with Gasteiger partial charge in [0.1, 0.15) is 28.6 Å². The van der Waals surface area contributed by atoms with Gasteiger partial charge in [0, 0.05) is 48.0 Å². The van der Waals surface area contributed by atoms with Gasteiger partial charge >= 0.3 is 41.8 Å². The van der Waals surface area contributed by atoms with Crippen molar-refractivity contribution >= 4 is 81.7 Å². The zero-order chi connectivity index (χ0) is 103. The molecule has 13 N–H and O–H groups in total. The molecule has 2 aliphatic carbocycles. The molecule has 6 unspecified atom stereocenters. The molecule has 2 fully saturated rings. The van der Waals surface area contributed by atoms with Gasteiger partial charge in [-0.1, -0.05) is 245 Å². The first-order valence-corrected chi connectivity index (χ1v) is 46.9. The Hall–Kier alpha value is -13.8. The first kappa shape index (κ1) is 113. The highest BCUT2D eigenvalue weighted by molar-refractivity contribution is 6.33. The van der Waals surface area contributed by atoms with Crippen LogP contribution in [0.4, 0.5) is 10.1 Å². The van der Waals surface area contributed by atoms with E-state index in [1.807, 2.05) is 128 Å². The summed E-state index contributed by atoms with van der Waals surface area (Å²) in [7, 11) is 0. The Balaban J connectivity index is 0.000000220. The number of aliphatic hydroxyl groups is 4. The highest BCUT2D eigenvalue weighted by atomic mass is 35.5. The van der Waals surface area contributed by atoms with Crippen LogP contribution in [0.25, 0.3) is 22.6 Å². The van der Waals surface area contributed by atoms with Crippen molar-refractivity contribution < 1.29 is 112 Å². The van der Waals surface area contributed by atoms with Crippen molar-refractivity contribution in [3.05, 3.63) is 333 Å². The van der Waals surface area contributed by atoms with Crippen LogP contribution in [0.5, 0.6) is 11.5 Å². The lowest BCUT2D eigenvalue weighted by atomic mass is 9.73. The number of carbonyl (C=O) groups excluding carboxylic acids is 3. The third kappa shape index (κ3) is 35.6. The summed E-state index contributed by atoms with van der Waals surface area (Å²) in [4.78, 5) is 108. The third-order valence-electron chi connectivity index (χ3n) is 23.9. The number of aliphatic carboxylic acids is 6. The van der Waals surface area contributed by atoms with Crippen molar-refractivity contribution in [3.8, 4) is 34.8 Å². The summed E-state index contributed by atoms with van der Waals surface area (Å²) in [5.74, 6) is -0.717. The second-order valence-electron chi connectivity index (χ2n) is 34.9. The Bertz CT molecular complexity index is 5890. The van der Waals surface area contributed by atoms with Gasteiger partial charge in [0.25, 0.3) is 0 Å². The lowest BCUT2D eigenvalue weighted by Gasteiger charge is -2.36. The second-order valence-corrected chi connectivity index (χ2v) is 35.3. The van der Waals surface area contributed by atoms with Gasteiger partial charge in [-0.25, -0.2) is 14.2 Å². The number of anilines is 1. The average Bonchev–Trinajstić information content (AvgIpc) is 1.41. The number of esters is 1. The average molecular weight is 1940 g/mol. The van der Waals surface area contributed by atoms with Gasteiger partial charge in [-0.3, -0.25) is 38.4 Å². The normalized spacial score (nSPS) is 14.7. The van der Waals surface area contributed by atoms with E-state index in [0.29, 0.717) is 79.4 Å². The zero-order valence-corrected chi connectivity index (χ0v) is 81.1. The lowest BCUT2D eigenvalue weighted by molar-refractivity contribution is -0.174. The molecule has 2 heterocycles. The molecule has 11 aromatic rings. The van der Waals surface area contributed by atoms with Gasteiger partial charge in [-0.15, -0.1) is 0 Å². The van der Waals surface area contributed by atoms with E-state index >= 15 is 0 Å². The van der Waals surface area contributed by atoms with Crippen LogP contribution in [-0.4, -0.2) is 168 Å². The van der Waals surface area contributed by atoms with Crippen LogP contribution in [0.15, 0.2) is 265 Å².